The molecule has 30 heavy (non-hydrogen) atoms. The summed E-state index contributed by atoms with van der Waals surface area (Å²) in [7, 11) is 0. The molecule has 0 bridgehead atoms. The summed E-state index contributed by atoms with van der Waals surface area (Å²) in [5.74, 6) is -0.647. The van der Waals surface area contributed by atoms with Gasteiger partial charge in [0, 0.05) is 31.5 Å². The Bertz CT molecular complexity index is 889. The van der Waals surface area contributed by atoms with Gasteiger partial charge in [-0.3, -0.25) is 9.69 Å². The molecule has 1 saturated heterocycles. The second kappa shape index (κ2) is 9.06. The van der Waals surface area contributed by atoms with Gasteiger partial charge in [0.25, 0.3) is 0 Å². The lowest BCUT2D eigenvalue weighted by Crippen LogP contribution is -2.45. The SMILES string of the molecule is O=C(CN1CCN(c2ccccc2F)C1=O)NC1CCC(Oc2ncccn2)CC1. The number of anilines is 1. The Morgan fingerprint density at radius 1 is 1.10 bits per heavy atom. The molecule has 1 aromatic carbocycles. The van der Waals surface area contributed by atoms with E-state index in [4.69, 9.17) is 4.74 Å². The van der Waals surface area contributed by atoms with Crippen LogP contribution in [0.4, 0.5) is 14.9 Å². The van der Waals surface area contributed by atoms with Crippen LogP contribution in [0.2, 0.25) is 0 Å². The van der Waals surface area contributed by atoms with Crippen molar-refractivity contribution in [1.29, 1.82) is 0 Å². The molecule has 1 aliphatic heterocycles. The molecular weight excluding hydrogens is 389 g/mol. The normalized spacial score (nSPS) is 21.6. The Morgan fingerprint density at radius 2 is 1.83 bits per heavy atom. The maximum absolute atomic E-state index is 14.0. The number of hydrogen-bond acceptors (Lipinski definition) is 5. The van der Waals surface area contributed by atoms with Gasteiger partial charge in [-0.2, -0.15) is 0 Å². The predicted octanol–water partition coefficient (Wildman–Crippen LogP) is 2.36. The molecule has 0 radical (unpaired) electrons. The number of aromatic nitrogens is 2. The highest BCUT2D eigenvalue weighted by molar-refractivity contribution is 5.96. The van der Waals surface area contributed by atoms with Crippen molar-refractivity contribution in [3.63, 3.8) is 0 Å². The van der Waals surface area contributed by atoms with Gasteiger partial charge >= 0.3 is 12.0 Å². The summed E-state index contributed by atoms with van der Waals surface area (Å²) >= 11 is 0. The van der Waals surface area contributed by atoms with E-state index in [-0.39, 0.29) is 36.3 Å². The third kappa shape index (κ3) is 4.67. The van der Waals surface area contributed by atoms with Crippen LogP contribution < -0.4 is 15.0 Å². The smallest absolute Gasteiger partial charge is 0.325 e. The first-order valence-corrected chi connectivity index (χ1v) is 10.1. The van der Waals surface area contributed by atoms with Crippen LogP contribution in [0.5, 0.6) is 6.01 Å². The summed E-state index contributed by atoms with van der Waals surface area (Å²) in [6, 6.07) is 7.96. The average Bonchev–Trinajstić information content (AvgIpc) is 3.10. The summed E-state index contributed by atoms with van der Waals surface area (Å²) in [5.41, 5.74) is 0.242. The predicted molar refractivity (Wildman–Crippen MR) is 108 cm³/mol. The van der Waals surface area contributed by atoms with Crippen molar-refractivity contribution in [2.75, 3.05) is 24.5 Å². The molecule has 0 atom stereocenters. The fourth-order valence-corrected chi connectivity index (χ4v) is 3.89. The lowest BCUT2D eigenvalue weighted by atomic mass is 9.93. The zero-order valence-corrected chi connectivity index (χ0v) is 16.5. The number of nitrogens with one attached hydrogen (secondary N) is 1. The maximum Gasteiger partial charge on any atom is 0.325 e. The van der Waals surface area contributed by atoms with E-state index in [0.29, 0.717) is 19.1 Å². The minimum atomic E-state index is -0.447. The Hall–Kier alpha value is -3.23. The van der Waals surface area contributed by atoms with Crippen LogP contribution in [-0.2, 0) is 4.79 Å². The van der Waals surface area contributed by atoms with Crippen LogP contribution in [0.3, 0.4) is 0 Å². The van der Waals surface area contributed by atoms with Crippen molar-refractivity contribution in [3.8, 4) is 6.01 Å². The lowest BCUT2D eigenvalue weighted by Gasteiger charge is -2.29. The summed E-state index contributed by atoms with van der Waals surface area (Å²) in [6.45, 7) is 0.716. The molecule has 0 spiro atoms. The summed E-state index contributed by atoms with van der Waals surface area (Å²) < 4.78 is 19.7. The number of amides is 3. The molecule has 2 heterocycles. The minimum absolute atomic E-state index is 0.0297. The van der Waals surface area contributed by atoms with Gasteiger partial charge in [0.05, 0.1) is 5.69 Å². The summed E-state index contributed by atoms with van der Waals surface area (Å²) in [4.78, 5) is 36.0. The number of urea groups is 1. The van der Waals surface area contributed by atoms with Gasteiger partial charge in [0.15, 0.2) is 0 Å². The maximum atomic E-state index is 14.0. The monoisotopic (exact) mass is 413 g/mol. The van der Waals surface area contributed by atoms with Gasteiger partial charge in [-0.15, -0.1) is 0 Å². The Morgan fingerprint density at radius 3 is 2.57 bits per heavy atom. The fraction of sp³-hybridized carbons (Fsp3) is 0.429. The Balaban J connectivity index is 1.23. The van der Waals surface area contributed by atoms with E-state index < -0.39 is 5.82 Å². The molecule has 1 aromatic heterocycles. The van der Waals surface area contributed by atoms with Gasteiger partial charge < -0.3 is 15.0 Å². The number of para-hydroxylation sites is 1. The van der Waals surface area contributed by atoms with E-state index >= 15 is 0 Å². The molecule has 8 nitrogen and oxygen atoms in total. The third-order valence-electron chi connectivity index (χ3n) is 5.43. The van der Waals surface area contributed by atoms with Crippen LogP contribution in [0.1, 0.15) is 25.7 Å². The summed E-state index contributed by atoms with van der Waals surface area (Å²) in [5, 5.41) is 3.00. The second-order valence-corrected chi connectivity index (χ2v) is 7.50. The van der Waals surface area contributed by atoms with E-state index in [0.717, 1.165) is 25.7 Å². The second-order valence-electron chi connectivity index (χ2n) is 7.50. The molecule has 2 aromatic rings. The van der Waals surface area contributed by atoms with Crippen molar-refractivity contribution in [2.45, 2.75) is 37.8 Å². The topological polar surface area (TPSA) is 87.7 Å². The van der Waals surface area contributed by atoms with Crippen molar-refractivity contribution in [3.05, 3.63) is 48.5 Å². The van der Waals surface area contributed by atoms with Crippen LogP contribution in [-0.4, -0.2) is 58.6 Å². The molecule has 2 fully saturated rings. The van der Waals surface area contributed by atoms with Crippen molar-refractivity contribution in [2.24, 2.45) is 0 Å². The van der Waals surface area contributed by atoms with E-state index in [1.165, 1.54) is 15.9 Å². The lowest BCUT2D eigenvalue weighted by molar-refractivity contribution is -0.122. The van der Waals surface area contributed by atoms with Crippen LogP contribution in [0.15, 0.2) is 42.7 Å². The standard InChI is InChI=1S/C21H24FN5O3/c22-17-4-1-2-5-18(17)27-13-12-26(21(27)29)14-19(28)25-15-6-8-16(9-7-15)30-20-23-10-3-11-24-20/h1-5,10-11,15-16H,6-9,12-14H2,(H,25,28). The molecule has 0 unspecified atom stereocenters. The number of nitrogens with zero attached hydrogens (tertiary/aromatic N) is 4. The van der Waals surface area contributed by atoms with Gasteiger partial charge in [0.1, 0.15) is 18.5 Å². The zero-order valence-electron chi connectivity index (χ0n) is 16.5. The molecule has 1 N–H and O–H groups in total. The fourth-order valence-electron chi connectivity index (χ4n) is 3.89. The molecular formula is C21H24FN5O3. The first kappa shape index (κ1) is 20.1. The quantitative estimate of drug-likeness (QED) is 0.786. The van der Waals surface area contributed by atoms with Crippen LogP contribution in [0.25, 0.3) is 0 Å². The largest absolute Gasteiger partial charge is 0.460 e. The number of carbonyl (C=O) groups is 2. The van der Waals surface area contributed by atoms with Crippen molar-refractivity contribution < 1.29 is 18.7 Å². The van der Waals surface area contributed by atoms with Crippen molar-refractivity contribution in [1.82, 2.24) is 20.2 Å². The van der Waals surface area contributed by atoms with Gasteiger partial charge in [-0.25, -0.2) is 19.2 Å². The van der Waals surface area contributed by atoms with Crippen LogP contribution >= 0.6 is 0 Å². The first-order valence-electron chi connectivity index (χ1n) is 10.1. The zero-order chi connectivity index (χ0) is 20.9. The third-order valence-corrected chi connectivity index (χ3v) is 5.43. The Labute approximate surface area is 174 Å². The average molecular weight is 413 g/mol. The molecule has 2 aliphatic rings. The van der Waals surface area contributed by atoms with Gasteiger partial charge in [0.2, 0.25) is 5.91 Å². The van der Waals surface area contributed by atoms with E-state index in [1.807, 2.05) is 0 Å². The first-order chi connectivity index (χ1) is 14.6. The highest BCUT2D eigenvalue weighted by Crippen LogP contribution is 2.24. The number of carbonyl (C=O) groups excluding carboxylic acids is 2. The van der Waals surface area contributed by atoms with E-state index in [9.17, 15) is 14.0 Å². The van der Waals surface area contributed by atoms with E-state index in [2.05, 4.69) is 15.3 Å². The molecule has 1 aliphatic carbocycles. The number of hydrogen-bond donors (Lipinski definition) is 1. The summed E-state index contributed by atoms with van der Waals surface area (Å²) in [6.07, 6.45) is 6.49. The molecule has 1 saturated carbocycles. The number of halogens is 1. The minimum Gasteiger partial charge on any atom is -0.460 e. The molecule has 158 valence electrons. The van der Waals surface area contributed by atoms with Crippen LogP contribution in [0, 0.1) is 5.82 Å². The molecule has 4 rings (SSSR count). The number of ether oxygens (including phenoxy) is 1. The highest BCUT2D eigenvalue weighted by atomic mass is 19.1. The van der Waals surface area contributed by atoms with Gasteiger partial charge in [-0.1, -0.05) is 12.1 Å². The Kier molecular flexibility index (Phi) is 6.06. The van der Waals surface area contributed by atoms with Crippen molar-refractivity contribution >= 4 is 17.6 Å². The molecule has 3 amide bonds. The number of rotatable bonds is 6. The van der Waals surface area contributed by atoms with E-state index in [1.54, 1.807) is 36.7 Å². The molecule has 9 heteroatoms. The van der Waals surface area contributed by atoms with Gasteiger partial charge in [-0.05, 0) is 43.9 Å². The highest BCUT2D eigenvalue weighted by Gasteiger charge is 2.33. The number of benzene rings is 1.